The van der Waals surface area contributed by atoms with E-state index in [4.69, 9.17) is 5.26 Å². The average molecular weight is 227 g/mol. The van der Waals surface area contributed by atoms with Gasteiger partial charge in [-0.05, 0) is 36.6 Å². The third kappa shape index (κ3) is 1.69. The molecular weight excluding hydrogens is 210 g/mol. The highest BCUT2D eigenvalue weighted by molar-refractivity contribution is 5.53. The molecule has 3 nitrogen and oxygen atoms in total. The van der Waals surface area contributed by atoms with Crippen LogP contribution in [0.1, 0.15) is 18.9 Å². The second kappa shape index (κ2) is 4.05. The van der Waals surface area contributed by atoms with E-state index in [1.165, 1.54) is 12.1 Å². The lowest BCUT2D eigenvalue weighted by Gasteiger charge is -2.38. The maximum Gasteiger partial charge on any atom is 0.0991 e. The number of rotatable bonds is 1. The molecule has 2 saturated heterocycles. The van der Waals surface area contributed by atoms with E-state index in [9.17, 15) is 0 Å². The van der Waals surface area contributed by atoms with E-state index < -0.39 is 0 Å². The first-order valence-corrected chi connectivity index (χ1v) is 6.29. The van der Waals surface area contributed by atoms with Gasteiger partial charge in [0, 0.05) is 30.9 Å². The maximum absolute atomic E-state index is 8.82. The molecule has 88 valence electrons. The zero-order valence-electron chi connectivity index (χ0n) is 10.1. The summed E-state index contributed by atoms with van der Waals surface area (Å²) in [4.78, 5) is 2.54. The maximum atomic E-state index is 8.82. The Morgan fingerprint density at radius 3 is 2.71 bits per heavy atom. The van der Waals surface area contributed by atoms with E-state index >= 15 is 0 Å². The lowest BCUT2D eigenvalue weighted by atomic mass is 10.0. The van der Waals surface area contributed by atoms with Crippen LogP contribution in [-0.2, 0) is 0 Å². The van der Waals surface area contributed by atoms with Gasteiger partial charge in [-0.1, -0.05) is 6.92 Å². The van der Waals surface area contributed by atoms with E-state index in [1.807, 2.05) is 12.1 Å². The van der Waals surface area contributed by atoms with Crippen molar-refractivity contribution in [1.82, 2.24) is 5.32 Å². The highest BCUT2D eigenvalue weighted by Crippen LogP contribution is 2.35. The molecule has 2 aliphatic heterocycles. The second-order valence-electron chi connectivity index (χ2n) is 5.16. The number of hydrogen-bond acceptors (Lipinski definition) is 3. The molecule has 0 spiro atoms. The fraction of sp³-hybridized carbons (Fsp3) is 0.500. The molecule has 2 heterocycles. The van der Waals surface area contributed by atoms with Crippen LogP contribution in [-0.4, -0.2) is 25.2 Å². The van der Waals surface area contributed by atoms with E-state index in [-0.39, 0.29) is 0 Å². The fourth-order valence-electron chi connectivity index (χ4n) is 3.23. The van der Waals surface area contributed by atoms with Crippen LogP contribution < -0.4 is 10.2 Å². The fourth-order valence-corrected chi connectivity index (χ4v) is 3.23. The van der Waals surface area contributed by atoms with Crippen LogP contribution in [0.4, 0.5) is 5.69 Å². The molecule has 2 bridgehead atoms. The minimum atomic E-state index is 0.613. The number of fused-ring (bicyclic) bond motifs is 2. The topological polar surface area (TPSA) is 39.1 Å². The molecule has 0 aliphatic carbocycles. The molecule has 2 unspecified atom stereocenters. The van der Waals surface area contributed by atoms with Crippen LogP contribution in [0.25, 0.3) is 0 Å². The first kappa shape index (κ1) is 10.6. The summed E-state index contributed by atoms with van der Waals surface area (Å²) < 4.78 is 0. The van der Waals surface area contributed by atoms with Crippen LogP contribution >= 0.6 is 0 Å². The molecule has 0 saturated carbocycles. The Morgan fingerprint density at radius 2 is 2.06 bits per heavy atom. The van der Waals surface area contributed by atoms with Crippen molar-refractivity contribution in [3.8, 4) is 6.07 Å². The van der Waals surface area contributed by atoms with Gasteiger partial charge < -0.3 is 10.2 Å². The molecule has 3 atom stereocenters. The number of anilines is 1. The molecule has 2 aliphatic rings. The van der Waals surface area contributed by atoms with Crippen LogP contribution in [0, 0.1) is 17.2 Å². The molecule has 0 amide bonds. The number of benzene rings is 1. The number of hydrogen-bond donors (Lipinski definition) is 1. The van der Waals surface area contributed by atoms with E-state index in [1.54, 1.807) is 0 Å². The zero-order chi connectivity index (χ0) is 11.8. The lowest BCUT2D eigenvalue weighted by molar-refractivity contribution is 0.457. The van der Waals surface area contributed by atoms with Crippen LogP contribution in [0.5, 0.6) is 0 Å². The standard InChI is InChI=1S/C14H17N3/c1-10-6-13-8-16-9-14(10)17(13)12-4-2-11(7-15)3-5-12/h2-5,10,13-14,16H,6,8-9H2,1H3/t10-,13?,14?/m0/s1. The summed E-state index contributed by atoms with van der Waals surface area (Å²) in [6, 6.07) is 11.4. The van der Waals surface area contributed by atoms with Crippen molar-refractivity contribution in [3.05, 3.63) is 29.8 Å². The minimum Gasteiger partial charge on any atom is -0.363 e. The van der Waals surface area contributed by atoms with Gasteiger partial charge in [0.15, 0.2) is 0 Å². The Labute approximate surface area is 102 Å². The van der Waals surface area contributed by atoms with Crippen molar-refractivity contribution in [2.45, 2.75) is 25.4 Å². The van der Waals surface area contributed by atoms with E-state index in [0.29, 0.717) is 12.1 Å². The van der Waals surface area contributed by atoms with Crippen molar-refractivity contribution < 1.29 is 0 Å². The number of piperazine rings is 1. The molecule has 3 heteroatoms. The molecule has 2 fully saturated rings. The average Bonchev–Trinajstić information content (AvgIpc) is 2.55. The number of nitriles is 1. The second-order valence-corrected chi connectivity index (χ2v) is 5.16. The van der Waals surface area contributed by atoms with Gasteiger partial charge >= 0.3 is 0 Å². The third-order valence-corrected chi connectivity index (χ3v) is 4.08. The molecule has 1 N–H and O–H groups in total. The Hall–Kier alpha value is -1.53. The summed E-state index contributed by atoms with van der Waals surface area (Å²) in [7, 11) is 0. The SMILES string of the molecule is C[C@H]1CC2CNCC1N2c1ccc(C#N)cc1. The summed E-state index contributed by atoms with van der Waals surface area (Å²) in [5, 5.41) is 12.3. The van der Waals surface area contributed by atoms with Gasteiger partial charge in [-0.2, -0.15) is 5.26 Å². The van der Waals surface area contributed by atoms with Gasteiger partial charge in [-0.25, -0.2) is 0 Å². The highest BCUT2D eigenvalue weighted by atomic mass is 15.3. The van der Waals surface area contributed by atoms with Crippen molar-refractivity contribution in [2.75, 3.05) is 18.0 Å². The van der Waals surface area contributed by atoms with Gasteiger partial charge in [0.25, 0.3) is 0 Å². The lowest BCUT2D eigenvalue weighted by Crippen LogP contribution is -2.52. The smallest absolute Gasteiger partial charge is 0.0991 e. The molecule has 3 rings (SSSR count). The molecule has 0 radical (unpaired) electrons. The van der Waals surface area contributed by atoms with Gasteiger partial charge in [0.2, 0.25) is 0 Å². The molecule has 1 aromatic rings. The zero-order valence-corrected chi connectivity index (χ0v) is 10.1. The Morgan fingerprint density at radius 1 is 1.29 bits per heavy atom. The van der Waals surface area contributed by atoms with Crippen molar-refractivity contribution in [2.24, 2.45) is 5.92 Å². The first-order valence-electron chi connectivity index (χ1n) is 6.29. The van der Waals surface area contributed by atoms with E-state index in [2.05, 4.69) is 35.3 Å². The van der Waals surface area contributed by atoms with Crippen LogP contribution in [0.15, 0.2) is 24.3 Å². The first-order chi connectivity index (χ1) is 8.29. The molecule has 0 aromatic heterocycles. The summed E-state index contributed by atoms with van der Waals surface area (Å²) in [5.41, 5.74) is 2.01. The van der Waals surface area contributed by atoms with Crippen LogP contribution in [0.3, 0.4) is 0 Å². The quantitative estimate of drug-likeness (QED) is 0.794. The summed E-state index contributed by atoms with van der Waals surface area (Å²) in [5.74, 6) is 0.755. The van der Waals surface area contributed by atoms with Crippen molar-refractivity contribution in [3.63, 3.8) is 0 Å². The molecule has 17 heavy (non-hydrogen) atoms. The van der Waals surface area contributed by atoms with Crippen molar-refractivity contribution in [1.29, 1.82) is 5.26 Å². The number of nitrogens with zero attached hydrogens (tertiary/aromatic N) is 2. The van der Waals surface area contributed by atoms with Gasteiger partial charge in [-0.3, -0.25) is 0 Å². The summed E-state index contributed by atoms with van der Waals surface area (Å²) >= 11 is 0. The molecular formula is C14H17N3. The van der Waals surface area contributed by atoms with Gasteiger partial charge in [0.1, 0.15) is 0 Å². The monoisotopic (exact) mass is 227 g/mol. The van der Waals surface area contributed by atoms with Crippen molar-refractivity contribution >= 4 is 5.69 Å². The Bertz CT molecular complexity index is 446. The van der Waals surface area contributed by atoms with Gasteiger partial charge in [-0.15, -0.1) is 0 Å². The highest BCUT2D eigenvalue weighted by Gasteiger charge is 2.41. The summed E-state index contributed by atoms with van der Waals surface area (Å²) in [6.45, 7) is 4.51. The summed E-state index contributed by atoms with van der Waals surface area (Å²) in [6.07, 6.45) is 1.28. The predicted molar refractivity (Wildman–Crippen MR) is 67.9 cm³/mol. The van der Waals surface area contributed by atoms with E-state index in [0.717, 1.165) is 24.6 Å². The predicted octanol–water partition coefficient (Wildman–Crippen LogP) is 1.74. The Kier molecular flexibility index (Phi) is 2.53. The third-order valence-electron chi connectivity index (χ3n) is 4.08. The Balaban J connectivity index is 1.91. The van der Waals surface area contributed by atoms with Gasteiger partial charge in [0.05, 0.1) is 11.6 Å². The number of nitrogens with one attached hydrogen (secondary N) is 1. The molecule has 1 aromatic carbocycles. The minimum absolute atomic E-state index is 0.613. The largest absolute Gasteiger partial charge is 0.363 e. The van der Waals surface area contributed by atoms with Crippen LogP contribution in [0.2, 0.25) is 0 Å². The normalized spacial score (nSPS) is 31.3.